The van der Waals surface area contributed by atoms with E-state index in [0.29, 0.717) is 29.5 Å². The number of ether oxygens (including phenoxy) is 1. The fraction of sp³-hybridized carbons (Fsp3) is 0.500. The summed E-state index contributed by atoms with van der Waals surface area (Å²) in [6.07, 6.45) is 3.29. The van der Waals surface area contributed by atoms with Gasteiger partial charge in [0, 0.05) is 12.0 Å². The molecule has 4 aromatic heterocycles. The molecule has 1 aliphatic heterocycles. The molecule has 0 aromatic carbocycles. The molecule has 0 amide bonds. The number of rotatable bonds is 2. The molecule has 134 valence electrons. The van der Waals surface area contributed by atoms with Crippen LogP contribution >= 0.6 is 0 Å². The lowest BCUT2D eigenvalue weighted by atomic mass is 9.88. The van der Waals surface area contributed by atoms with Crippen molar-refractivity contribution in [3.05, 3.63) is 23.1 Å². The molecule has 5 heterocycles. The monoisotopic (exact) mass is 352 g/mol. The van der Waals surface area contributed by atoms with Crippen LogP contribution in [0.4, 0.5) is 0 Å². The summed E-state index contributed by atoms with van der Waals surface area (Å²) in [6, 6.07) is 0. The predicted octanol–water partition coefficient (Wildman–Crippen LogP) is 2.86. The minimum Gasteiger partial charge on any atom is -0.432 e. The summed E-state index contributed by atoms with van der Waals surface area (Å²) in [7, 11) is 0. The Labute approximate surface area is 149 Å². The van der Waals surface area contributed by atoms with Crippen LogP contribution in [0.1, 0.15) is 44.5 Å². The highest BCUT2D eigenvalue weighted by Gasteiger charge is 2.32. The highest BCUT2D eigenvalue weighted by Crippen LogP contribution is 2.39. The number of pyridine rings is 1. The number of fused-ring (bicyclic) bond motifs is 7. The molecular formula is C18H20N6O2. The van der Waals surface area contributed by atoms with Gasteiger partial charge in [-0.1, -0.05) is 13.8 Å². The van der Waals surface area contributed by atoms with Crippen molar-refractivity contribution in [1.29, 1.82) is 0 Å². The van der Waals surface area contributed by atoms with E-state index < -0.39 is 0 Å². The van der Waals surface area contributed by atoms with Crippen LogP contribution in [0, 0.1) is 5.92 Å². The topological polar surface area (TPSA) is 91.2 Å². The molecule has 0 saturated carbocycles. The van der Waals surface area contributed by atoms with Gasteiger partial charge in [-0.05, 0) is 42.2 Å². The van der Waals surface area contributed by atoms with Crippen molar-refractivity contribution in [2.45, 2.75) is 52.7 Å². The van der Waals surface area contributed by atoms with Gasteiger partial charge >= 0.3 is 0 Å². The highest BCUT2D eigenvalue weighted by molar-refractivity contribution is 6.07. The minimum atomic E-state index is -0.236. The van der Waals surface area contributed by atoms with Gasteiger partial charge in [-0.3, -0.25) is 0 Å². The zero-order valence-electron chi connectivity index (χ0n) is 15.3. The lowest BCUT2D eigenvalue weighted by Crippen LogP contribution is -2.33. The third kappa shape index (κ3) is 2.21. The summed E-state index contributed by atoms with van der Waals surface area (Å²) in [4.78, 5) is 9.40. The summed E-state index contributed by atoms with van der Waals surface area (Å²) in [6.45, 7) is 9.17. The van der Waals surface area contributed by atoms with Crippen molar-refractivity contribution >= 4 is 27.8 Å². The van der Waals surface area contributed by atoms with E-state index in [2.05, 4.69) is 48.2 Å². The second-order valence-corrected chi connectivity index (χ2v) is 7.99. The van der Waals surface area contributed by atoms with Crippen molar-refractivity contribution in [3.8, 4) is 0 Å². The second-order valence-electron chi connectivity index (χ2n) is 7.99. The van der Waals surface area contributed by atoms with Gasteiger partial charge < -0.3 is 9.15 Å². The average Bonchev–Trinajstić information content (AvgIpc) is 3.16. The largest absolute Gasteiger partial charge is 0.432 e. The Morgan fingerprint density at radius 2 is 2.12 bits per heavy atom. The van der Waals surface area contributed by atoms with Gasteiger partial charge in [0.1, 0.15) is 11.8 Å². The molecule has 0 bridgehead atoms. The lowest BCUT2D eigenvalue weighted by molar-refractivity contribution is -0.0402. The maximum absolute atomic E-state index is 6.10. The van der Waals surface area contributed by atoms with E-state index in [1.54, 1.807) is 6.33 Å². The molecule has 1 aliphatic rings. The van der Waals surface area contributed by atoms with E-state index in [1.165, 1.54) is 15.6 Å². The van der Waals surface area contributed by atoms with E-state index in [4.69, 9.17) is 14.1 Å². The maximum atomic E-state index is 6.10. The van der Waals surface area contributed by atoms with Crippen LogP contribution in [0.5, 0.6) is 0 Å². The first kappa shape index (κ1) is 15.6. The Bertz CT molecular complexity index is 1160. The third-order valence-corrected chi connectivity index (χ3v) is 4.92. The Morgan fingerprint density at radius 3 is 2.92 bits per heavy atom. The molecule has 0 fully saturated rings. The van der Waals surface area contributed by atoms with Crippen molar-refractivity contribution < 1.29 is 9.15 Å². The molecule has 4 aromatic rings. The summed E-state index contributed by atoms with van der Waals surface area (Å²) < 4.78 is 13.7. The van der Waals surface area contributed by atoms with Crippen LogP contribution in [0.25, 0.3) is 27.8 Å². The van der Waals surface area contributed by atoms with Crippen LogP contribution in [0.3, 0.4) is 0 Å². The van der Waals surface area contributed by atoms with Crippen LogP contribution in [0.2, 0.25) is 0 Å². The molecule has 0 atom stereocenters. The van der Waals surface area contributed by atoms with Gasteiger partial charge in [0.2, 0.25) is 16.9 Å². The van der Waals surface area contributed by atoms with Crippen LogP contribution in [-0.4, -0.2) is 35.6 Å². The van der Waals surface area contributed by atoms with Gasteiger partial charge in [0.05, 0.1) is 23.3 Å². The van der Waals surface area contributed by atoms with Gasteiger partial charge in [0.15, 0.2) is 0 Å². The number of tetrazole rings is 1. The van der Waals surface area contributed by atoms with Crippen LogP contribution < -0.4 is 0 Å². The molecule has 0 unspecified atom stereocenters. The molecule has 0 saturated heterocycles. The lowest BCUT2D eigenvalue weighted by Gasteiger charge is -2.33. The predicted molar refractivity (Wildman–Crippen MR) is 94.8 cm³/mol. The van der Waals surface area contributed by atoms with E-state index in [9.17, 15) is 0 Å². The second kappa shape index (κ2) is 5.20. The van der Waals surface area contributed by atoms with E-state index in [1.807, 2.05) is 0 Å². The molecule has 0 aliphatic carbocycles. The molecule has 0 spiro atoms. The fourth-order valence-electron chi connectivity index (χ4n) is 3.75. The zero-order valence-corrected chi connectivity index (χ0v) is 15.3. The number of hydrogen-bond donors (Lipinski definition) is 0. The number of aromatic nitrogens is 6. The van der Waals surface area contributed by atoms with Gasteiger partial charge in [-0.2, -0.15) is 4.52 Å². The molecular weight excluding hydrogens is 332 g/mol. The van der Waals surface area contributed by atoms with E-state index >= 15 is 0 Å². The van der Waals surface area contributed by atoms with Crippen LogP contribution in [0.15, 0.2) is 10.7 Å². The van der Waals surface area contributed by atoms with Gasteiger partial charge in [0.25, 0.3) is 0 Å². The summed E-state index contributed by atoms with van der Waals surface area (Å²) in [5.41, 5.74) is 5.72. The first-order valence-electron chi connectivity index (χ1n) is 8.86. The molecule has 0 radical (unpaired) electrons. The average molecular weight is 352 g/mol. The van der Waals surface area contributed by atoms with E-state index in [-0.39, 0.29) is 5.60 Å². The zero-order chi connectivity index (χ0) is 18.1. The molecule has 0 N–H and O–H groups in total. The van der Waals surface area contributed by atoms with Crippen molar-refractivity contribution in [2.75, 3.05) is 0 Å². The standard InChI is InChI=1S/C18H20N6O2/c1-9(2)5-12-11-7-25-18(3,4)6-10(11)13-14-15(26-17(13)20-12)16-21-22-23-24(16)8-19-14/h8-9H,5-7H2,1-4H3. The summed E-state index contributed by atoms with van der Waals surface area (Å²) in [5.74, 6) is 0.494. The van der Waals surface area contributed by atoms with Gasteiger partial charge in [-0.25, -0.2) is 9.97 Å². The molecule has 26 heavy (non-hydrogen) atoms. The SMILES string of the molecule is CC(C)Cc1nc2oc3c(ncn4nnnc34)c2c2c1COC(C)(C)C2. The first-order valence-corrected chi connectivity index (χ1v) is 8.86. The Hall–Kier alpha value is -2.61. The molecule has 8 nitrogen and oxygen atoms in total. The Morgan fingerprint density at radius 1 is 1.27 bits per heavy atom. The number of hydrogen-bond acceptors (Lipinski definition) is 7. The third-order valence-electron chi connectivity index (χ3n) is 4.92. The Balaban J connectivity index is 1.89. The fourth-order valence-corrected chi connectivity index (χ4v) is 3.75. The van der Waals surface area contributed by atoms with Crippen molar-refractivity contribution in [1.82, 2.24) is 30.0 Å². The smallest absolute Gasteiger partial charge is 0.229 e. The molecule has 5 rings (SSSR count). The normalized spacial score (nSPS) is 16.8. The molecule has 8 heteroatoms. The maximum Gasteiger partial charge on any atom is 0.229 e. The van der Waals surface area contributed by atoms with Crippen LogP contribution in [-0.2, 0) is 24.2 Å². The summed E-state index contributed by atoms with van der Waals surface area (Å²) >= 11 is 0. The number of nitrogens with zero attached hydrogens (tertiary/aromatic N) is 6. The van der Waals surface area contributed by atoms with Crippen molar-refractivity contribution in [3.63, 3.8) is 0 Å². The summed E-state index contributed by atoms with van der Waals surface area (Å²) in [5, 5.41) is 12.6. The minimum absolute atomic E-state index is 0.236. The Kier molecular flexibility index (Phi) is 3.13. The highest BCUT2D eigenvalue weighted by atomic mass is 16.5. The first-order chi connectivity index (χ1) is 12.4. The van der Waals surface area contributed by atoms with E-state index in [0.717, 1.165) is 29.4 Å². The quantitative estimate of drug-likeness (QED) is 0.548. The van der Waals surface area contributed by atoms with Gasteiger partial charge in [-0.15, -0.1) is 5.10 Å². The number of furan rings is 1. The van der Waals surface area contributed by atoms with Crippen molar-refractivity contribution in [2.24, 2.45) is 5.92 Å².